The summed E-state index contributed by atoms with van der Waals surface area (Å²) >= 11 is 0. The Morgan fingerprint density at radius 1 is 1.13 bits per heavy atom. The zero-order valence-corrected chi connectivity index (χ0v) is 17.1. The molecule has 8 nitrogen and oxygen atoms in total. The molecule has 0 saturated heterocycles. The highest BCUT2D eigenvalue weighted by Crippen LogP contribution is 2.19. The number of H-pyrrole nitrogens is 1. The first-order valence-electron chi connectivity index (χ1n) is 8.91. The predicted molar refractivity (Wildman–Crippen MR) is 108 cm³/mol. The van der Waals surface area contributed by atoms with Crippen LogP contribution in [0.5, 0.6) is 0 Å². The van der Waals surface area contributed by atoms with Crippen molar-refractivity contribution < 1.29 is 27.1 Å². The fourth-order valence-corrected chi connectivity index (χ4v) is 3.88. The summed E-state index contributed by atoms with van der Waals surface area (Å²) in [6.45, 7) is -0.601. The molecule has 3 rings (SSSR count). The van der Waals surface area contributed by atoms with Gasteiger partial charge in [-0.05, 0) is 35.9 Å². The lowest BCUT2D eigenvalue weighted by Gasteiger charge is -2.15. The molecule has 30 heavy (non-hydrogen) atoms. The number of hydrogen-bond acceptors (Lipinski definition) is 5. The molecule has 10 heteroatoms. The summed E-state index contributed by atoms with van der Waals surface area (Å²) in [4.78, 5) is 27.1. The second-order valence-corrected chi connectivity index (χ2v) is 8.78. The molecule has 0 aliphatic rings. The largest absolute Gasteiger partial charge is 0.451 e. The van der Waals surface area contributed by atoms with Crippen molar-refractivity contribution in [2.45, 2.75) is 11.4 Å². The molecule has 158 valence electrons. The smallest absolute Gasteiger partial charge is 0.355 e. The van der Waals surface area contributed by atoms with Gasteiger partial charge in [0.25, 0.3) is 5.91 Å². The van der Waals surface area contributed by atoms with Gasteiger partial charge in [-0.1, -0.05) is 18.2 Å². The van der Waals surface area contributed by atoms with Crippen LogP contribution >= 0.6 is 0 Å². The fraction of sp³-hybridized carbons (Fsp3) is 0.200. The average Bonchev–Trinajstić information content (AvgIpc) is 3.13. The number of carbonyl (C=O) groups is 2. The van der Waals surface area contributed by atoms with Gasteiger partial charge in [-0.25, -0.2) is 21.9 Å². The second kappa shape index (κ2) is 8.64. The van der Waals surface area contributed by atoms with Gasteiger partial charge < -0.3 is 15.0 Å². The SMILES string of the molecule is CN(C)S(=O)(=O)c1ccccc1CNC(=O)COC(=O)c1cc2cc(F)ccc2[nH]1. The van der Waals surface area contributed by atoms with E-state index in [9.17, 15) is 22.4 Å². The van der Waals surface area contributed by atoms with Crippen LogP contribution < -0.4 is 5.32 Å². The molecular weight excluding hydrogens is 413 g/mol. The highest BCUT2D eigenvalue weighted by atomic mass is 32.2. The lowest BCUT2D eigenvalue weighted by Crippen LogP contribution is -2.30. The van der Waals surface area contributed by atoms with Crippen molar-refractivity contribution in [1.82, 2.24) is 14.6 Å². The normalized spacial score (nSPS) is 11.6. The molecule has 0 saturated carbocycles. The van der Waals surface area contributed by atoms with Crippen LogP contribution in [0.1, 0.15) is 16.1 Å². The second-order valence-electron chi connectivity index (χ2n) is 6.66. The van der Waals surface area contributed by atoms with Gasteiger partial charge in [0, 0.05) is 31.5 Å². The predicted octanol–water partition coefficient (Wildman–Crippen LogP) is 2.03. The van der Waals surface area contributed by atoms with Crippen LogP contribution in [0.15, 0.2) is 53.4 Å². The molecule has 0 aliphatic heterocycles. The van der Waals surface area contributed by atoms with E-state index in [-0.39, 0.29) is 17.1 Å². The number of nitrogens with zero attached hydrogens (tertiary/aromatic N) is 1. The number of esters is 1. The first-order chi connectivity index (χ1) is 14.2. The van der Waals surface area contributed by atoms with Crippen LogP contribution in [0.2, 0.25) is 0 Å². The summed E-state index contributed by atoms with van der Waals surface area (Å²) in [5, 5.41) is 3.04. The molecule has 0 atom stereocenters. The van der Waals surface area contributed by atoms with Crippen LogP contribution in [0.4, 0.5) is 4.39 Å². The molecule has 2 N–H and O–H groups in total. The highest BCUT2D eigenvalue weighted by molar-refractivity contribution is 7.89. The number of carbonyl (C=O) groups excluding carboxylic acids is 2. The van der Waals surface area contributed by atoms with E-state index in [1.807, 2.05) is 0 Å². The standard InChI is InChI=1S/C20H20FN3O5S/c1-24(2)30(27,28)18-6-4-3-5-13(18)11-22-19(25)12-29-20(26)17-10-14-9-15(21)7-8-16(14)23-17/h3-10,23H,11-12H2,1-2H3,(H,22,25). The molecule has 0 unspecified atom stereocenters. The van der Waals surface area contributed by atoms with Gasteiger partial charge in [0.1, 0.15) is 11.5 Å². The third kappa shape index (κ3) is 4.66. The summed E-state index contributed by atoms with van der Waals surface area (Å²) < 4.78 is 44.1. The van der Waals surface area contributed by atoms with Crippen molar-refractivity contribution in [3.8, 4) is 0 Å². The van der Waals surface area contributed by atoms with E-state index in [4.69, 9.17) is 4.74 Å². The Bertz CT molecular complexity index is 1200. The molecule has 0 radical (unpaired) electrons. The van der Waals surface area contributed by atoms with Crippen molar-refractivity contribution in [1.29, 1.82) is 0 Å². The van der Waals surface area contributed by atoms with Crippen LogP contribution in [-0.4, -0.2) is 50.3 Å². The van der Waals surface area contributed by atoms with E-state index in [0.717, 1.165) is 4.31 Å². The van der Waals surface area contributed by atoms with E-state index >= 15 is 0 Å². The van der Waals surface area contributed by atoms with E-state index in [1.165, 1.54) is 44.4 Å². The van der Waals surface area contributed by atoms with Crippen LogP contribution in [-0.2, 0) is 26.1 Å². The van der Waals surface area contributed by atoms with E-state index in [0.29, 0.717) is 16.5 Å². The van der Waals surface area contributed by atoms with Crippen LogP contribution in [0, 0.1) is 5.82 Å². The number of fused-ring (bicyclic) bond motifs is 1. The average molecular weight is 433 g/mol. The van der Waals surface area contributed by atoms with Crippen LogP contribution in [0.25, 0.3) is 10.9 Å². The minimum absolute atomic E-state index is 0.0503. The zero-order chi connectivity index (χ0) is 21.9. The summed E-state index contributed by atoms with van der Waals surface area (Å²) in [6.07, 6.45) is 0. The van der Waals surface area contributed by atoms with Gasteiger partial charge in [-0.15, -0.1) is 0 Å². The minimum atomic E-state index is -3.67. The molecule has 1 amide bonds. The van der Waals surface area contributed by atoms with Crippen molar-refractivity contribution in [2.75, 3.05) is 20.7 Å². The first-order valence-corrected chi connectivity index (χ1v) is 10.3. The number of amides is 1. The number of aromatic nitrogens is 1. The Kier molecular flexibility index (Phi) is 6.18. The van der Waals surface area contributed by atoms with E-state index < -0.39 is 34.3 Å². The number of ether oxygens (including phenoxy) is 1. The molecule has 1 aromatic heterocycles. The number of nitrogens with one attached hydrogen (secondary N) is 2. The maximum Gasteiger partial charge on any atom is 0.355 e. The van der Waals surface area contributed by atoms with Gasteiger partial charge in [-0.2, -0.15) is 0 Å². The third-order valence-electron chi connectivity index (χ3n) is 4.34. The number of sulfonamides is 1. The quantitative estimate of drug-likeness (QED) is 0.554. The number of halogens is 1. The maximum atomic E-state index is 13.2. The fourth-order valence-electron chi connectivity index (χ4n) is 2.77. The van der Waals surface area contributed by atoms with Gasteiger partial charge in [0.2, 0.25) is 10.0 Å². The monoisotopic (exact) mass is 433 g/mol. The molecule has 0 bridgehead atoms. The van der Waals surface area contributed by atoms with Gasteiger partial charge in [-0.3, -0.25) is 4.79 Å². The van der Waals surface area contributed by atoms with Crippen LogP contribution in [0.3, 0.4) is 0 Å². The molecule has 0 fully saturated rings. The van der Waals surface area contributed by atoms with Crippen molar-refractivity contribution in [3.63, 3.8) is 0 Å². The summed E-state index contributed by atoms with van der Waals surface area (Å²) in [5.74, 6) is -1.79. The van der Waals surface area contributed by atoms with Crippen molar-refractivity contribution in [2.24, 2.45) is 0 Å². The van der Waals surface area contributed by atoms with E-state index in [1.54, 1.807) is 18.2 Å². The number of benzene rings is 2. The van der Waals surface area contributed by atoms with Gasteiger partial charge in [0.15, 0.2) is 6.61 Å². The maximum absolute atomic E-state index is 13.2. The summed E-state index contributed by atoms with van der Waals surface area (Å²) in [5.41, 5.74) is 1.06. The zero-order valence-electron chi connectivity index (χ0n) is 16.3. The molecule has 0 spiro atoms. The Hall–Kier alpha value is -3.24. The molecule has 0 aliphatic carbocycles. The Morgan fingerprint density at radius 2 is 1.87 bits per heavy atom. The molecule has 2 aromatic carbocycles. The number of hydrogen-bond donors (Lipinski definition) is 2. The third-order valence-corrected chi connectivity index (χ3v) is 6.26. The molecule has 3 aromatic rings. The van der Waals surface area contributed by atoms with E-state index in [2.05, 4.69) is 10.3 Å². The lowest BCUT2D eigenvalue weighted by molar-refractivity contribution is -0.124. The van der Waals surface area contributed by atoms with Gasteiger partial charge in [0.05, 0.1) is 4.90 Å². The number of aromatic amines is 1. The Balaban J connectivity index is 1.59. The molecular formula is C20H20FN3O5S. The topological polar surface area (TPSA) is 109 Å². The number of rotatable bonds is 7. The minimum Gasteiger partial charge on any atom is -0.451 e. The molecule has 1 heterocycles. The van der Waals surface area contributed by atoms with Crippen molar-refractivity contribution in [3.05, 3.63) is 65.6 Å². The summed E-state index contributed by atoms with van der Waals surface area (Å²) in [6, 6.07) is 11.8. The lowest BCUT2D eigenvalue weighted by atomic mass is 10.2. The Labute approximate surface area is 172 Å². The van der Waals surface area contributed by atoms with Gasteiger partial charge >= 0.3 is 5.97 Å². The summed E-state index contributed by atoms with van der Waals surface area (Å²) in [7, 11) is -0.829. The highest BCUT2D eigenvalue weighted by Gasteiger charge is 2.21. The Morgan fingerprint density at radius 3 is 2.60 bits per heavy atom. The first kappa shape index (κ1) is 21.5. The van der Waals surface area contributed by atoms with Crippen molar-refractivity contribution >= 4 is 32.8 Å².